The molecule has 2 heterocycles. The maximum atomic E-state index is 12.3. The molecule has 3 rings (SSSR count). The van der Waals surface area contributed by atoms with Gasteiger partial charge in [-0.2, -0.15) is 0 Å². The van der Waals surface area contributed by atoms with Crippen LogP contribution in [0.1, 0.15) is 46.2 Å². The molecule has 1 aromatic heterocycles. The van der Waals surface area contributed by atoms with Crippen molar-refractivity contribution >= 4 is 28.3 Å². The Labute approximate surface area is 157 Å². The topological polar surface area (TPSA) is 71.5 Å². The normalized spacial score (nSPS) is 15.6. The fraction of sp³-hybridized carbons (Fsp3) is 0.421. The number of ether oxygens (including phenoxy) is 1. The SMILES string of the molecule is COC(=O)c1ccc(C(=O)Nc2nc(CN3CCC(C)CC3)cs2)cc1. The van der Waals surface area contributed by atoms with E-state index in [1.807, 2.05) is 5.38 Å². The van der Waals surface area contributed by atoms with Gasteiger partial charge in [-0.05, 0) is 56.1 Å². The van der Waals surface area contributed by atoms with Gasteiger partial charge in [-0.25, -0.2) is 9.78 Å². The Balaban J connectivity index is 1.56. The van der Waals surface area contributed by atoms with Gasteiger partial charge in [0.05, 0.1) is 18.4 Å². The molecule has 1 aliphatic heterocycles. The van der Waals surface area contributed by atoms with Crippen molar-refractivity contribution in [3.8, 4) is 0 Å². The standard InChI is InChI=1S/C19H23N3O3S/c1-13-7-9-22(10-8-13)11-16-12-26-19(20-16)21-17(23)14-3-5-15(6-4-14)18(24)25-2/h3-6,12-13H,7-11H2,1-2H3,(H,20,21,23). The monoisotopic (exact) mass is 373 g/mol. The van der Waals surface area contributed by atoms with Crippen LogP contribution in [-0.4, -0.2) is 42.0 Å². The number of hydrogen-bond acceptors (Lipinski definition) is 6. The first kappa shape index (κ1) is 18.5. The highest BCUT2D eigenvalue weighted by molar-refractivity contribution is 7.13. The molecule has 1 aromatic carbocycles. The fourth-order valence-corrected chi connectivity index (χ4v) is 3.63. The number of rotatable bonds is 5. The van der Waals surface area contributed by atoms with Crippen molar-refractivity contribution in [3.05, 3.63) is 46.5 Å². The second kappa shape index (κ2) is 8.42. The molecule has 0 radical (unpaired) electrons. The molecule has 2 aromatic rings. The maximum Gasteiger partial charge on any atom is 0.337 e. The van der Waals surface area contributed by atoms with E-state index in [1.54, 1.807) is 24.3 Å². The van der Waals surface area contributed by atoms with Crippen LogP contribution >= 0.6 is 11.3 Å². The van der Waals surface area contributed by atoms with Gasteiger partial charge < -0.3 is 4.74 Å². The second-order valence-electron chi connectivity index (χ2n) is 6.63. The van der Waals surface area contributed by atoms with Gasteiger partial charge in [0.2, 0.25) is 0 Å². The average Bonchev–Trinajstić information content (AvgIpc) is 3.10. The maximum absolute atomic E-state index is 12.3. The number of thiazole rings is 1. The Kier molecular flexibility index (Phi) is 6.00. The number of esters is 1. The van der Waals surface area contributed by atoms with Crippen molar-refractivity contribution < 1.29 is 14.3 Å². The van der Waals surface area contributed by atoms with Gasteiger partial charge in [0.1, 0.15) is 0 Å². The zero-order chi connectivity index (χ0) is 18.5. The zero-order valence-electron chi connectivity index (χ0n) is 15.0. The number of nitrogens with zero attached hydrogens (tertiary/aromatic N) is 2. The van der Waals surface area contributed by atoms with Crippen molar-refractivity contribution in [1.29, 1.82) is 0 Å². The predicted molar refractivity (Wildman–Crippen MR) is 102 cm³/mol. The van der Waals surface area contributed by atoms with Gasteiger partial charge in [0.15, 0.2) is 5.13 Å². The minimum atomic E-state index is -0.423. The lowest BCUT2D eigenvalue weighted by Crippen LogP contribution is -2.32. The largest absolute Gasteiger partial charge is 0.465 e. The molecule has 138 valence electrons. The Morgan fingerprint density at radius 2 is 1.88 bits per heavy atom. The van der Waals surface area contributed by atoms with Crippen LogP contribution in [0, 0.1) is 5.92 Å². The number of carbonyl (C=O) groups excluding carboxylic acids is 2. The van der Waals surface area contributed by atoms with Crippen LogP contribution in [0.25, 0.3) is 0 Å². The summed E-state index contributed by atoms with van der Waals surface area (Å²) >= 11 is 1.43. The Morgan fingerprint density at radius 1 is 1.23 bits per heavy atom. The first-order valence-corrected chi connectivity index (χ1v) is 9.59. The van der Waals surface area contributed by atoms with Crippen molar-refractivity contribution in [1.82, 2.24) is 9.88 Å². The number of carbonyl (C=O) groups is 2. The number of benzene rings is 1. The molecule has 0 bridgehead atoms. The molecule has 0 saturated carbocycles. The van der Waals surface area contributed by atoms with Crippen molar-refractivity contribution in [2.24, 2.45) is 5.92 Å². The second-order valence-corrected chi connectivity index (χ2v) is 7.48. The van der Waals surface area contributed by atoms with Crippen LogP contribution in [0.4, 0.5) is 5.13 Å². The summed E-state index contributed by atoms with van der Waals surface area (Å²) in [4.78, 5) is 30.7. The Hall–Kier alpha value is -2.25. The van der Waals surface area contributed by atoms with Crippen LogP contribution in [0.5, 0.6) is 0 Å². The zero-order valence-corrected chi connectivity index (χ0v) is 15.8. The van der Waals surface area contributed by atoms with E-state index in [4.69, 9.17) is 0 Å². The Bertz CT molecular complexity index is 765. The number of likely N-dealkylation sites (tertiary alicyclic amines) is 1. The molecule has 6 nitrogen and oxygen atoms in total. The fourth-order valence-electron chi connectivity index (χ4n) is 2.93. The average molecular weight is 373 g/mol. The smallest absolute Gasteiger partial charge is 0.337 e. The summed E-state index contributed by atoms with van der Waals surface area (Å²) in [6.07, 6.45) is 2.46. The molecule has 0 atom stereocenters. The van der Waals surface area contributed by atoms with Crippen molar-refractivity contribution in [2.75, 3.05) is 25.5 Å². The van der Waals surface area contributed by atoms with Gasteiger partial charge in [-0.3, -0.25) is 15.0 Å². The summed E-state index contributed by atoms with van der Waals surface area (Å²) in [5, 5.41) is 5.40. The van der Waals surface area contributed by atoms with Gasteiger partial charge in [-0.1, -0.05) is 6.92 Å². The number of hydrogen-bond donors (Lipinski definition) is 1. The molecule has 1 fully saturated rings. The molecule has 0 aliphatic carbocycles. The first-order valence-electron chi connectivity index (χ1n) is 8.71. The third-order valence-electron chi connectivity index (χ3n) is 4.60. The number of methoxy groups -OCH3 is 1. The summed E-state index contributed by atoms with van der Waals surface area (Å²) < 4.78 is 4.65. The van der Waals surface area contributed by atoms with Gasteiger partial charge in [0, 0.05) is 17.5 Å². The first-order chi connectivity index (χ1) is 12.5. The number of anilines is 1. The van der Waals surface area contributed by atoms with E-state index in [-0.39, 0.29) is 5.91 Å². The van der Waals surface area contributed by atoms with Crippen LogP contribution in [0.2, 0.25) is 0 Å². The highest BCUT2D eigenvalue weighted by atomic mass is 32.1. The lowest BCUT2D eigenvalue weighted by Gasteiger charge is -2.29. The van der Waals surface area contributed by atoms with E-state index in [2.05, 4.69) is 26.9 Å². The number of aromatic nitrogens is 1. The Morgan fingerprint density at radius 3 is 2.54 bits per heavy atom. The summed E-state index contributed by atoms with van der Waals surface area (Å²) in [5.74, 6) is 0.143. The van der Waals surface area contributed by atoms with Crippen molar-refractivity contribution in [3.63, 3.8) is 0 Å². The minimum absolute atomic E-state index is 0.242. The van der Waals surface area contributed by atoms with E-state index in [0.29, 0.717) is 16.3 Å². The summed E-state index contributed by atoms with van der Waals surface area (Å²) in [7, 11) is 1.33. The van der Waals surface area contributed by atoms with Crippen LogP contribution in [0.15, 0.2) is 29.6 Å². The van der Waals surface area contributed by atoms with Gasteiger partial charge >= 0.3 is 5.97 Å². The quantitative estimate of drug-likeness (QED) is 0.813. The summed E-state index contributed by atoms with van der Waals surface area (Å²) in [5.41, 5.74) is 1.87. The van der Waals surface area contributed by atoms with Crippen LogP contribution < -0.4 is 5.32 Å². The van der Waals surface area contributed by atoms with Gasteiger partial charge in [0.25, 0.3) is 5.91 Å². The number of piperidine rings is 1. The van der Waals surface area contributed by atoms with Crippen molar-refractivity contribution in [2.45, 2.75) is 26.3 Å². The molecule has 1 amide bonds. The molecule has 1 N–H and O–H groups in total. The molecule has 0 spiro atoms. The highest BCUT2D eigenvalue weighted by Crippen LogP contribution is 2.21. The van der Waals surface area contributed by atoms with E-state index >= 15 is 0 Å². The third-order valence-corrected chi connectivity index (χ3v) is 5.41. The van der Waals surface area contributed by atoms with Gasteiger partial charge in [-0.15, -0.1) is 11.3 Å². The lowest BCUT2D eigenvalue weighted by atomic mass is 9.99. The molecule has 0 unspecified atom stereocenters. The van der Waals surface area contributed by atoms with Crippen LogP contribution in [0.3, 0.4) is 0 Å². The molecule has 26 heavy (non-hydrogen) atoms. The molecule has 1 aliphatic rings. The minimum Gasteiger partial charge on any atom is -0.465 e. The third kappa shape index (κ3) is 4.68. The van der Waals surface area contributed by atoms with E-state index in [1.165, 1.54) is 31.3 Å². The van der Waals surface area contributed by atoms with E-state index < -0.39 is 5.97 Å². The number of amides is 1. The highest BCUT2D eigenvalue weighted by Gasteiger charge is 2.17. The molecular formula is C19H23N3O3S. The molecular weight excluding hydrogens is 350 g/mol. The van der Waals surface area contributed by atoms with E-state index in [0.717, 1.165) is 31.2 Å². The van der Waals surface area contributed by atoms with E-state index in [9.17, 15) is 9.59 Å². The summed E-state index contributed by atoms with van der Waals surface area (Å²) in [6, 6.07) is 6.35. The number of nitrogens with one attached hydrogen (secondary N) is 1. The van der Waals surface area contributed by atoms with Crippen LogP contribution in [-0.2, 0) is 11.3 Å². The molecule has 7 heteroatoms. The lowest BCUT2D eigenvalue weighted by molar-refractivity contribution is 0.0600. The predicted octanol–water partition coefficient (Wildman–Crippen LogP) is 3.41. The molecule has 1 saturated heterocycles. The summed E-state index contributed by atoms with van der Waals surface area (Å²) in [6.45, 7) is 5.33.